The van der Waals surface area contributed by atoms with Crippen molar-refractivity contribution < 1.29 is 33.6 Å². The molecule has 0 radical (unpaired) electrons. The molecule has 13 nitrogen and oxygen atoms in total. The number of carbonyl (C=O) groups is 2. The Bertz CT molecular complexity index is 1030. The zero-order chi connectivity index (χ0) is 25.0. The van der Waals surface area contributed by atoms with Crippen molar-refractivity contribution in [3.8, 4) is 5.69 Å². The fourth-order valence-corrected chi connectivity index (χ4v) is 3.99. The van der Waals surface area contributed by atoms with E-state index in [1.54, 1.807) is 38.1 Å². The van der Waals surface area contributed by atoms with Crippen LogP contribution in [0.3, 0.4) is 0 Å². The molecule has 2 aromatic rings. The predicted octanol–water partition coefficient (Wildman–Crippen LogP) is -0.521. The van der Waals surface area contributed by atoms with E-state index in [9.17, 15) is 19.3 Å². The van der Waals surface area contributed by atoms with Gasteiger partial charge in [-0.1, -0.05) is 26.0 Å². The Kier molecular flexibility index (Phi) is 8.18. The molecule has 2 amide bonds. The van der Waals surface area contributed by atoms with E-state index in [-0.39, 0.29) is 18.9 Å². The summed E-state index contributed by atoms with van der Waals surface area (Å²) in [5.41, 5.74) is 7.15. The number of β-amino-alcohol motifs (C(OH)–C–C–N with tert-alkyl or cyclic N) is 1. The molecule has 3 rings (SSSR count). The predicted molar refractivity (Wildman–Crippen MR) is 119 cm³/mol. The van der Waals surface area contributed by atoms with Crippen LogP contribution in [0.5, 0.6) is 0 Å². The van der Waals surface area contributed by atoms with Gasteiger partial charge in [0.25, 0.3) is 0 Å². The smallest absolute Gasteiger partial charge is 0.391 e. The summed E-state index contributed by atoms with van der Waals surface area (Å²) in [4.78, 5) is 49.3. The number of nitrogens with zero attached hydrogens (tertiary/aromatic N) is 4. The summed E-state index contributed by atoms with van der Waals surface area (Å²) in [5.74, 6) is -1.21. The topological polar surface area (TPSA) is 193 Å². The van der Waals surface area contributed by atoms with Crippen LogP contribution >= 0.6 is 7.82 Å². The lowest BCUT2D eigenvalue weighted by Gasteiger charge is -2.29. The Morgan fingerprint density at radius 2 is 1.97 bits per heavy atom. The average molecular weight is 496 g/mol. The van der Waals surface area contributed by atoms with Crippen LogP contribution in [0, 0.1) is 5.92 Å². The first-order chi connectivity index (χ1) is 16.0. The molecule has 6 N–H and O–H groups in total. The molecule has 0 spiro atoms. The van der Waals surface area contributed by atoms with E-state index in [1.165, 1.54) is 22.2 Å². The van der Waals surface area contributed by atoms with Crippen LogP contribution in [-0.4, -0.2) is 77.7 Å². The molecular weight excluding hydrogens is 467 g/mol. The highest BCUT2D eigenvalue weighted by atomic mass is 31.2. The quantitative estimate of drug-likeness (QED) is 0.282. The normalized spacial score (nSPS) is 20.4. The van der Waals surface area contributed by atoms with Crippen LogP contribution in [0.2, 0.25) is 0 Å². The maximum Gasteiger partial charge on any atom is 0.469 e. The van der Waals surface area contributed by atoms with Gasteiger partial charge in [0, 0.05) is 13.0 Å². The number of hydrogen-bond donors (Lipinski definition) is 5. The second-order valence-electron chi connectivity index (χ2n) is 8.44. The summed E-state index contributed by atoms with van der Waals surface area (Å²) in [6.07, 6.45) is 1.99. The summed E-state index contributed by atoms with van der Waals surface area (Å²) >= 11 is 0. The number of aliphatic hydroxyl groups excluding tert-OH is 1. The van der Waals surface area contributed by atoms with Crippen LogP contribution in [-0.2, 0) is 18.7 Å². The molecule has 1 aliphatic rings. The first kappa shape index (κ1) is 25.9. The monoisotopic (exact) mass is 496 g/mol. The molecule has 2 heterocycles. The number of benzene rings is 1. The number of likely N-dealkylation sites (tertiary alicyclic amines) is 1. The average Bonchev–Trinajstić information content (AvgIpc) is 3.45. The van der Waals surface area contributed by atoms with Gasteiger partial charge in [-0.2, -0.15) is 5.10 Å². The zero-order valence-electron chi connectivity index (χ0n) is 18.8. The Hall–Kier alpha value is -2.67. The van der Waals surface area contributed by atoms with E-state index in [2.05, 4.69) is 19.9 Å². The number of carbonyl (C=O) groups excluding carboxylic acids is 2. The fourth-order valence-electron chi connectivity index (χ4n) is 3.64. The molecule has 1 fully saturated rings. The molecule has 1 saturated heterocycles. The SMILES string of the molecule is CC(C)[C@H](N)C(=O)N1C[C@H](O)C[C@H]1C(=O)N[C@@H](COP(=O)(O)O)c1ccc(-n2cncn2)cc1. The van der Waals surface area contributed by atoms with Gasteiger partial charge < -0.3 is 30.8 Å². The van der Waals surface area contributed by atoms with Crippen molar-refractivity contribution in [1.82, 2.24) is 25.0 Å². The molecule has 0 aliphatic carbocycles. The van der Waals surface area contributed by atoms with E-state index in [0.29, 0.717) is 11.3 Å². The minimum absolute atomic E-state index is 0.0136. The largest absolute Gasteiger partial charge is 0.469 e. The third-order valence-corrected chi connectivity index (χ3v) is 6.06. The highest BCUT2D eigenvalue weighted by Gasteiger charge is 2.41. The number of amides is 2. The van der Waals surface area contributed by atoms with Crippen LogP contribution in [0.1, 0.15) is 31.9 Å². The van der Waals surface area contributed by atoms with Gasteiger partial charge in [-0.3, -0.25) is 14.1 Å². The van der Waals surface area contributed by atoms with Gasteiger partial charge in [-0.15, -0.1) is 0 Å². The van der Waals surface area contributed by atoms with Gasteiger partial charge in [0.05, 0.1) is 30.5 Å². The second-order valence-corrected chi connectivity index (χ2v) is 9.68. The Morgan fingerprint density at radius 3 is 2.53 bits per heavy atom. The van der Waals surface area contributed by atoms with Crippen molar-refractivity contribution in [3.05, 3.63) is 42.5 Å². The van der Waals surface area contributed by atoms with Crippen LogP contribution in [0.15, 0.2) is 36.9 Å². The van der Waals surface area contributed by atoms with Crippen molar-refractivity contribution in [3.63, 3.8) is 0 Å². The van der Waals surface area contributed by atoms with Gasteiger partial charge in [0.15, 0.2) is 0 Å². The fraction of sp³-hybridized carbons (Fsp3) is 0.500. The molecule has 34 heavy (non-hydrogen) atoms. The van der Waals surface area contributed by atoms with Crippen molar-refractivity contribution in [2.24, 2.45) is 11.7 Å². The van der Waals surface area contributed by atoms with E-state index >= 15 is 0 Å². The standard InChI is InChI=1S/C20H29N6O7P/c1-12(2)18(21)20(29)25-8-15(27)7-17(25)19(28)24-16(9-33-34(30,31)32)13-3-5-14(6-4-13)26-11-22-10-23-26/h3-6,10-12,15-18,27H,7-9,21H2,1-2H3,(H,24,28)(H2,30,31,32)/t15-,16+,17+,18+/m1/s1. The lowest BCUT2D eigenvalue weighted by Crippen LogP contribution is -2.53. The van der Waals surface area contributed by atoms with Gasteiger partial charge in [-0.25, -0.2) is 14.2 Å². The summed E-state index contributed by atoms with van der Waals surface area (Å²) in [7, 11) is -4.81. The van der Waals surface area contributed by atoms with E-state index in [1.807, 2.05) is 0 Å². The highest BCUT2D eigenvalue weighted by Crippen LogP contribution is 2.37. The molecule has 4 atom stereocenters. The van der Waals surface area contributed by atoms with Crippen molar-refractivity contribution >= 4 is 19.6 Å². The second kappa shape index (κ2) is 10.7. The molecule has 0 saturated carbocycles. The van der Waals surface area contributed by atoms with Gasteiger partial charge in [0.1, 0.15) is 18.7 Å². The molecule has 14 heteroatoms. The maximum absolute atomic E-state index is 13.1. The van der Waals surface area contributed by atoms with Crippen molar-refractivity contribution in [1.29, 1.82) is 0 Å². The van der Waals surface area contributed by atoms with Crippen molar-refractivity contribution in [2.75, 3.05) is 13.2 Å². The first-order valence-corrected chi connectivity index (χ1v) is 12.2. The summed E-state index contributed by atoms with van der Waals surface area (Å²) in [6.45, 7) is 3.01. The summed E-state index contributed by atoms with van der Waals surface area (Å²) < 4.78 is 17.5. The number of nitrogens with two attached hydrogens (primary N) is 1. The number of hydrogen-bond acceptors (Lipinski definition) is 8. The molecule has 0 unspecified atom stereocenters. The molecule has 0 bridgehead atoms. The minimum Gasteiger partial charge on any atom is -0.391 e. The summed E-state index contributed by atoms with van der Waals surface area (Å²) in [6, 6.07) is 3.91. The van der Waals surface area contributed by atoms with Crippen LogP contribution in [0.4, 0.5) is 0 Å². The van der Waals surface area contributed by atoms with E-state index in [4.69, 9.17) is 15.5 Å². The highest BCUT2D eigenvalue weighted by molar-refractivity contribution is 7.46. The molecule has 186 valence electrons. The maximum atomic E-state index is 13.1. The van der Waals surface area contributed by atoms with E-state index < -0.39 is 50.5 Å². The number of rotatable bonds is 9. The lowest BCUT2D eigenvalue weighted by atomic mass is 10.0. The van der Waals surface area contributed by atoms with Gasteiger partial charge in [0.2, 0.25) is 11.8 Å². The molecule has 1 aliphatic heterocycles. The number of aliphatic hydroxyl groups is 1. The van der Waals surface area contributed by atoms with Crippen LogP contribution < -0.4 is 11.1 Å². The van der Waals surface area contributed by atoms with Crippen LogP contribution in [0.25, 0.3) is 5.69 Å². The third-order valence-electron chi connectivity index (χ3n) is 5.57. The minimum atomic E-state index is -4.81. The number of aromatic nitrogens is 3. The zero-order valence-corrected chi connectivity index (χ0v) is 19.7. The number of nitrogens with one attached hydrogen (secondary N) is 1. The lowest BCUT2D eigenvalue weighted by molar-refractivity contribution is -0.140. The first-order valence-electron chi connectivity index (χ1n) is 10.7. The molecule has 1 aromatic heterocycles. The van der Waals surface area contributed by atoms with E-state index in [0.717, 1.165) is 0 Å². The van der Waals surface area contributed by atoms with Gasteiger partial charge >= 0.3 is 7.82 Å². The Labute approximate surface area is 196 Å². The number of phosphoric acid groups is 1. The molecular formula is C20H29N6O7P. The third kappa shape index (κ3) is 6.47. The Balaban J connectivity index is 1.80. The summed E-state index contributed by atoms with van der Waals surface area (Å²) in [5, 5.41) is 16.8. The Morgan fingerprint density at radius 1 is 1.29 bits per heavy atom. The van der Waals surface area contributed by atoms with Crippen molar-refractivity contribution in [2.45, 2.75) is 44.5 Å². The molecule has 1 aromatic carbocycles. The number of phosphoric ester groups is 1. The van der Waals surface area contributed by atoms with Gasteiger partial charge in [-0.05, 0) is 23.6 Å².